The number of aliphatic hydroxyl groups excluding tert-OH is 1. The molecule has 1 saturated heterocycles. The Balaban J connectivity index is 0.000001000. The van der Waals surface area contributed by atoms with E-state index in [0.717, 1.165) is 0 Å². The molecule has 1 heterocycles. The first kappa shape index (κ1) is 11.2. The molecule has 3 N–H and O–H groups in total. The lowest BCUT2D eigenvalue weighted by Crippen LogP contribution is -2.55. The van der Waals surface area contributed by atoms with E-state index in [1.54, 1.807) is 0 Å². The van der Waals surface area contributed by atoms with Gasteiger partial charge in [-0.2, -0.15) is 0 Å². The number of hydrogen-bond acceptors (Lipinski definition) is 3. The van der Waals surface area contributed by atoms with Gasteiger partial charge in [-0.1, -0.05) is 13.8 Å². The van der Waals surface area contributed by atoms with Crippen molar-refractivity contribution in [2.75, 3.05) is 19.8 Å². The summed E-state index contributed by atoms with van der Waals surface area (Å²) in [5.74, 6) is 0. The summed E-state index contributed by atoms with van der Waals surface area (Å²) in [6.45, 7) is 5.13. The Hall–Kier alpha value is 0.170. The van der Waals surface area contributed by atoms with Crippen molar-refractivity contribution in [3.63, 3.8) is 0 Å². The van der Waals surface area contributed by atoms with Crippen molar-refractivity contribution in [1.82, 2.24) is 0 Å². The van der Waals surface area contributed by atoms with E-state index in [9.17, 15) is 0 Å². The van der Waals surface area contributed by atoms with Crippen molar-refractivity contribution in [1.29, 1.82) is 0 Å². The Labute approximate surface area is 73.3 Å². The van der Waals surface area contributed by atoms with Gasteiger partial charge in [0.05, 0.1) is 25.4 Å². The molecule has 0 radical (unpaired) electrons. The minimum atomic E-state index is -0.535. The molecule has 0 spiro atoms. The second-order valence-electron chi connectivity index (χ2n) is 3.69. The fraction of sp³-hybridized carbons (Fsp3) is 1.00. The first-order valence-electron chi connectivity index (χ1n) is 3.49. The zero-order chi connectivity index (χ0) is 7.83. The van der Waals surface area contributed by atoms with Gasteiger partial charge in [-0.15, -0.1) is 12.4 Å². The molecule has 1 unspecified atom stereocenters. The molecule has 0 saturated carbocycles. The van der Waals surface area contributed by atoms with Gasteiger partial charge in [0, 0.05) is 5.41 Å². The van der Waals surface area contributed by atoms with E-state index in [1.807, 2.05) is 13.8 Å². The topological polar surface area (TPSA) is 55.5 Å². The average molecular weight is 182 g/mol. The Morgan fingerprint density at radius 1 is 1.45 bits per heavy atom. The fourth-order valence-corrected chi connectivity index (χ4v) is 1.09. The van der Waals surface area contributed by atoms with E-state index < -0.39 is 5.54 Å². The maximum atomic E-state index is 8.96. The van der Waals surface area contributed by atoms with Gasteiger partial charge >= 0.3 is 0 Å². The second kappa shape index (κ2) is 3.27. The summed E-state index contributed by atoms with van der Waals surface area (Å²) >= 11 is 0. The van der Waals surface area contributed by atoms with Crippen molar-refractivity contribution in [2.24, 2.45) is 11.1 Å². The van der Waals surface area contributed by atoms with E-state index in [1.165, 1.54) is 0 Å². The van der Waals surface area contributed by atoms with Gasteiger partial charge in [-0.3, -0.25) is 0 Å². The lowest BCUT2D eigenvalue weighted by atomic mass is 9.76. The summed E-state index contributed by atoms with van der Waals surface area (Å²) < 4.78 is 5.18. The molecule has 4 heteroatoms. The fourth-order valence-electron chi connectivity index (χ4n) is 1.09. The highest BCUT2D eigenvalue weighted by atomic mass is 35.5. The minimum absolute atomic E-state index is 0. The number of aliphatic hydroxyl groups is 1. The molecule has 1 aliphatic rings. The Morgan fingerprint density at radius 2 is 2.00 bits per heavy atom. The molecule has 0 aromatic rings. The van der Waals surface area contributed by atoms with Crippen LogP contribution < -0.4 is 5.73 Å². The quantitative estimate of drug-likeness (QED) is 0.606. The Morgan fingerprint density at radius 3 is 2.18 bits per heavy atom. The van der Waals surface area contributed by atoms with Crippen LogP contribution in [0.3, 0.4) is 0 Å². The molecular formula is C7H16ClNO2. The van der Waals surface area contributed by atoms with Gasteiger partial charge in [0.1, 0.15) is 0 Å². The molecule has 0 aromatic carbocycles. The van der Waals surface area contributed by atoms with Crippen molar-refractivity contribution in [2.45, 2.75) is 19.4 Å². The average Bonchev–Trinajstić information content (AvgIpc) is 2.10. The molecule has 1 rings (SSSR count). The Bertz CT molecular complexity index is 140. The SMILES string of the molecule is CC1(C)COCC1(N)CO.Cl. The second-order valence-corrected chi connectivity index (χ2v) is 3.69. The number of rotatable bonds is 1. The predicted octanol–water partition coefficient (Wildman–Crippen LogP) is 0.154. The minimum Gasteiger partial charge on any atom is -0.394 e. The summed E-state index contributed by atoms with van der Waals surface area (Å²) in [4.78, 5) is 0. The smallest absolute Gasteiger partial charge is 0.0699 e. The third kappa shape index (κ3) is 1.67. The van der Waals surface area contributed by atoms with Gasteiger partial charge in [0.2, 0.25) is 0 Å². The summed E-state index contributed by atoms with van der Waals surface area (Å²) in [5.41, 5.74) is 5.23. The molecule has 0 bridgehead atoms. The first-order chi connectivity index (χ1) is 4.52. The third-order valence-corrected chi connectivity index (χ3v) is 2.45. The maximum absolute atomic E-state index is 8.96. The lowest BCUT2D eigenvalue weighted by molar-refractivity contribution is 0.123. The molecule has 68 valence electrons. The van der Waals surface area contributed by atoms with Crippen LogP contribution in [0.4, 0.5) is 0 Å². The summed E-state index contributed by atoms with van der Waals surface area (Å²) in [7, 11) is 0. The highest BCUT2D eigenvalue weighted by Crippen LogP contribution is 2.34. The van der Waals surface area contributed by atoms with E-state index >= 15 is 0 Å². The van der Waals surface area contributed by atoms with E-state index in [0.29, 0.717) is 13.2 Å². The van der Waals surface area contributed by atoms with Crippen LogP contribution in [0.1, 0.15) is 13.8 Å². The maximum Gasteiger partial charge on any atom is 0.0699 e. The van der Waals surface area contributed by atoms with Crippen molar-refractivity contribution >= 4 is 12.4 Å². The molecule has 3 nitrogen and oxygen atoms in total. The van der Waals surface area contributed by atoms with Gasteiger partial charge in [0.15, 0.2) is 0 Å². The van der Waals surface area contributed by atoms with Crippen molar-refractivity contribution in [3.05, 3.63) is 0 Å². The summed E-state index contributed by atoms with van der Waals surface area (Å²) in [6, 6.07) is 0. The largest absolute Gasteiger partial charge is 0.394 e. The normalized spacial score (nSPS) is 34.9. The molecule has 0 amide bonds. The molecule has 1 aliphatic heterocycles. The number of halogens is 1. The summed E-state index contributed by atoms with van der Waals surface area (Å²) in [5, 5.41) is 8.96. The van der Waals surface area contributed by atoms with Crippen LogP contribution >= 0.6 is 12.4 Å². The van der Waals surface area contributed by atoms with Gasteiger partial charge in [-0.25, -0.2) is 0 Å². The molecule has 11 heavy (non-hydrogen) atoms. The number of nitrogens with two attached hydrogens (primary N) is 1. The van der Waals surface area contributed by atoms with Crippen LogP contribution in [0.2, 0.25) is 0 Å². The van der Waals surface area contributed by atoms with Crippen LogP contribution in [0, 0.1) is 5.41 Å². The number of ether oxygens (including phenoxy) is 1. The van der Waals surface area contributed by atoms with Gasteiger partial charge < -0.3 is 15.6 Å². The van der Waals surface area contributed by atoms with E-state index in [-0.39, 0.29) is 24.4 Å². The monoisotopic (exact) mass is 181 g/mol. The first-order valence-corrected chi connectivity index (χ1v) is 3.49. The highest BCUT2D eigenvalue weighted by molar-refractivity contribution is 5.85. The lowest BCUT2D eigenvalue weighted by Gasteiger charge is -2.33. The summed E-state index contributed by atoms with van der Waals surface area (Å²) in [6.07, 6.45) is 0. The predicted molar refractivity (Wildman–Crippen MR) is 45.9 cm³/mol. The third-order valence-electron chi connectivity index (χ3n) is 2.45. The highest BCUT2D eigenvalue weighted by Gasteiger charge is 2.46. The molecule has 1 fully saturated rings. The van der Waals surface area contributed by atoms with E-state index in [2.05, 4.69) is 0 Å². The zero-order valence-corrected chi connectivity index (χ0v) is 7.78. The molecule has 0 aromatic heterocycles. The molecule has 0 aliphatic carbocycles. The Kier molecular flexibility index (Phi) is 3.32. The standard InChI is InChI=1S/C7H15NO2.ClH/c1-6(2)4-10-5-7(6,8)3-9;/h9H,3-5,8H2,1-2H3;1H. The molecular weight excluding hydrogens is 166 g/mol. The van der Waals surface area contributed by atoms with Gasteiger partial charge in [-0.05, 0) is 0 Å². The van der Waals surface area contributed by atoms with Gasteiger partial charge in [0.25, 0.3) is 0 Å². The van der Waals surface area contributed by atoms with Crippen LogP contribution in [0.5, 0.6) is 0 Å². The van der Waals surface area contributed by atoms with Crippen LogP contribution in [-0.2, 0) is 4.74 Å². The van der Waals surface area contributed by atoms with E-state index in [4.69, 9.17) is 15.6 Å². The van der Waals surface area contributed by atoms with Crippen molar-refractivity contribution in [3.8, 4) is 0 Å². The van der Waals surface area contributed by atoms with Crippen LogP contribution in [0.15, 0.2) is 0 Å². The van der Waals surface area contributed by atoms with Crippen LogP contribution in [-0.4, -0.2) is 30.5 Å². The zero-order valence-electron chi connectivity index (χ0n) is 6.96. The number of hydrogen-bond donors (Lipinski definition) is 2. The van der Waals surface area contributed by atoms with Crippen LogP contribution in [0.25, 0.3) is 0 Å². The molecule has 1 atom stereocenters. The van der Waals surface area contributed by atoms with Crippen molar-refractivity contribution < 1.29 is 9.84 Å².